The van der Waals surface area contributed by atoms with E-state index in [1.807, 2.05) is 6.07 Å². The van der Waals surface area contributed by atoms with E-state index in [4.69, 9.17) is 14.2 Å². The molecule has 6 nitrogen and oxygen atoms in total. The zero-order chi connectivity index (χ0) is 18.8. The van der Waals surface area contributed by atoms with E-state index in [2.05, 4.69) is 41.6 Å². The molecule has 1 saturated heterocycles. The van der Waals surface area contributed by atoms with Crippen LogP contribution in [0.15, 0.2) is 23.2 Å². The number of benzene rings is 1. The average Bonchev–Trinajstić information content (AvgIpc) is 3.16. The minimum Gasteiger partial charge on any atom is -0.496 e. The molecule has 1 aliphatic rings. The van der Waals surface area contributed by atoms with Crippen LogP contribution in [-0.4, -0.2) is 53.1 Å². The molecule has 7 heteroatoms. The summed E-state index contributed by atoms with van der Waals surface area (Å²) in [7, 11) is 3.48. The Balaban J connectivity index is 0.00000364. The highest BCUT2D eigenvalue weighted by atomic mass is 127. The molecule has 1 fully saturated rings. The Bertz CT molecular complexity index is 578. The number of rotatable bonds is 9. The van der Waals surface area contributed by atoms with Gasteiger partial charge >= 0.3 is 0 Å². The van der Waals surface area contributed by atoms with Gasteiger partial charge in [0.25, 0.3) is 0 Å². The lowest BCUT2D eigenvalue weighted by Crippen LogP contribution is -2.39. The van der Waals surface area contributed by atoms with Gasteiger partial charge < -0.3 is 24.8 Å². The fraction of sp³-hybridized carbons (Fsp3) is 0.650. The maximum Gasteiger partial charge on any atom is 0.191 e. The first kappa shape index (κ1) is 24.0. The molecular formula is C20H34IN3O3. The minimum atomic E-state index is 0. The quantitative estimate of drug-likeness (QED) is 0.240. The Labute approximate surface area is 180 Å². The molecule has 0 radical (unpaired) electrons. The van der Waals surface area contributed by atoms with E-state index in [1.165, 1.54) is 5.56 Å². The van der Waals surface area contributed by atoms with Crippen molar-refractivity contribution in [3.8, 4) is 5.75 Å². The van der Waals surface area contributed by atoms with Crippen LogP contribution < -0.4 is 15.4 Å². The Kier molecular flexibility index (Phi) is 11.7. The van der Waals surface area contributed by atoms with Crippen LogP contribution in [0.25, 0.3) is 0 Å². The molecule has 1 heterocycles. The number of hydrogen-bond acceptors (Lipinski definition) is 4. The van der Waals surface area contributed by atoms with Crippen molar-refractivity contribution < 1.29 is 14.2 Å². The van der Waals surface area contributed by atoms with E-state index in [0.717, 1.165) is 63.1 Å². The molecule has 2 N–H and O–H groups in total. The predicted octanol–water partition coefficient (Wildman–Crippen LogP) is 3.29. The predicted molar refractivity (Wildman–Crippen MR) is 120 cm³/mol. The number of halogens is 1. The molecule has 2 rings (SSSR count). The van der Waals surface area contributed by atoms with E-state index in [-0.39, 0.29) is 30.0 Å². The van der Waals surface area contributed by atoms with Crippen LogP contribution in [0.4, 0.5) is 0 Å². The second-order valence-corrected chi connectivity index (χ2v) is 6.77. The molecule has 154 valence electrons. The molecule has 0 bridgehead atoms. The number of nitrogens with one attached hydrogen (secondary N) is 2. The van der Waals surface area contributed by atoms with E-state index in [9.17, 15) is 0 Å². The molecule has 2 atom stereocenters. The summed E-state index contributed by atoms with van der Waals surface area (Å²) in [5.74, 6) is 2.24. The summed E-state index contributed by atoms with van der Waals surface area (Å²) in [6, 6.07) is 6.30. The number of aryl methyl sites for hydroxylation is 1. The van der Waals surface area contributed by atoms with Gasteiger partial charge in [0, 0.05) is 38.3 Å². The van der Waals surface area contributed by atoms with Gasteiger partial charge in [0.2, 0.25) is 0 Å². The largest absolute Gasteiger partial charge is 0.496 e. The zero-order valence-corrected chi connectivity index (χ0v) is 19.2. The Morgan fingerprint density at radius 3 is 2.89 bits per heavy atom. The van der Waals surface area contributed by atoms with Crippen LogP contribution in [0.5, 0.6) is 5.75 Å². The fourth-order valence-electron chi connectivity index (χ4n) is 3.02. The third-order valence-electron chi connectivity index (χ3n) is 4.56. The number of nitrogens with zero attached hydrogens (tertiary/aromatic N) is 1. The van der Waals surface area contributed by atoms with Gasteiger partial charge in [-0.1, -0.05) is 17.7 Å². The number of methoxy groups -OCH3 is 1. The summed E-state index contributed by atoms with van der Waals surface area (Å²) < 4.78 is 16.6. The van der Waals surface area contributed by atoms with Crippen molar-refractivity contribution in [3.63, 3.8) is 0 Å². The number of hydrogen-bond donors (Lipinski definition) is 2. The van der Waals surface area contributed by atoms with Crippen molar-refractivity contribution in [2.45, 2.75) is 32.7 Å². The second kappa shape index (κ2) is 13.2. The maximum absolute atomic E-state index is 5.73. The van der Waals surface area contributed by atoms with E-state index in [0.29, 0.717) is 5.92 Å². The molecule has 0 spiro atoms. The third-order valence-corrected chi connectivity index (χ3v) is 4.56. The Morgan fingerprint density at radius 2 is 2.22 bits per heavy atom. The Morgan fingerprint density at radius 1 is 1.41 bits per heavy atom. The molecule has 1 aromatic carbocycles. The normalized spacial score (nSPS) is 17.9. The van der Waals surface area contributed by atoms with Crippen molar-refractivity contribution in [3.05, 3.63) is 29.3 Å². The van der Waals surface area contributed by atoms with Gasteiger partial charge in [-0.2, -0.15) is 0 Å². The average molecular weight is 491 g/mol. The zero-order valence-electron chi connectivity index (χ0n) is 16.9. The maximum atomic E-state index is 5.73. The van der Waals surface area contributed by atoms with Gasteiger partial charge in [0.1, 0.15) is 5.75 Å². The van der Waals surface area contributed by atoms with Crippen molar-refractivity contribution >= 4 is 29.9 Å². The van der Waals surface area contributed by atoms with Gasteiger partial charge in [-0.3, -0.25) is 4.99 Å². The van der Waals surface area contributed by atoms with E-state index < -0.39 is 0 Å². The monoisotopic (exact) mass is 491 g/mol. The summed E-state index contributed by atoms with van der Waals surface area (Å²) in [5.41, 5.74) is 2.33. The molecule has 1 aromatic rings. The third kappa shape index (κ3) is 8.23. The Hall–Kier alpha value is -1.06. The topological polar surface area (TPSA) is 64.1 Å². The second-order valence-electron chi connectivity index (χ2n) is 6.77. The number of guanidine groups is 1. The standard InChI is InChI=1S/C20H33N3O3.HI/c1-15-6-7-19(24-4)18(12-15)16(2)23-20(21-3)22-9-5-10-25-13-17-8-11-26-14-17;/h6-7,12,16-17H,5,8-11,13-14H2,1-4H3,(H2,21,22,23);1H. The highest BCUT2D eigenvalue weighted by Crippen LogP contribution is 2.25. The molecule has 0 amide bonds. The van der Waals surface area contributed by atoms with Crippen LogP contribution in [0.2, 0.25) is 0 Å². The van der Waals surface area contributed by atoms with E-state index in [1.54, 1.807) is 14.2 Å². The summed E-state index contributed by atoms with van der Waals surface area (Å²) in [6.07, 6.45) is 2.06. The van der Waals surface area contributed by atoms with Crippen LogP contribution in [0, 0.1) is 12.8 Å². The van der Waals surface area contributed by atoms with Crippen molar-refractivity contribution in [1.29, 1.82) is 0 Å². The van der Waals surface area contributed by atoms with Crippen LogP contribution in [-0.2, 0) is 9.47 Å². The van der Waals surface area contributed by atoms with Crippen molar-refractivity contribution in [1.82, 2.24) is 10.6 Å². The summed E-state index contributed by atoms with van der Waals surface area (Å²) >= 11 is 0. The van der Waals surface area contributed by atoms with Gasteiger partial charge in [0.05, 0.1) is 26.4 Å². The molecule has 27 heavy (non-hydrogen) atoms. The molecule has 0 saturated carbocycles. The van der Waals surface area contributed by atoms with Crippen LogP contribution in [0.3, 0.4) is 0 Å². The smallest absolute Gasteiger partial charge is 0.191 e. The van der Waals surface area contributed by atoms with Crippen molar-refractivity contribution in [2.75, 3.05) is 47.1 Å². The molecule has 0 aromatic heterocycles. The lowest BCUT2D eigenvalue weighted by atomic mass is 10.0. The van der Waals surface area contributed by atoms with E-state index >= 15 is 0 Å². The van der Waals surface area contributed by atoms with Crippen LogP contribution >= 0.6 is 24.0 Å². The van der Waals surface area contributed by atoms with Gasteiger partial charge in [0.15, 0.2) is 5.96 Å². The summed E-state index contributed by atoms with van der Waals surface area (Å²) in [5, 5.41) is 6.77. The summed E-state index contributed by atoms with van der Waals surface area (Å²) in [6.45, 7) is 8.28. The van der Waals surface area contributed by atoms with Crippen LogP contribution in [0.1, 0.15) is 36.9 Å². The van der Waals surface area contributed by atoms with Gasteiger partial charge in [-0.05, 0) is 32.8 Å². The molecule has 1 aliphatic heterocycles. The van der Waals surface area contributed by atoms with Gasteiger partial charge in [-0.15, -0.1) is 24.0 Å². The molecule has 2 unspecified atom stereocenters. The van der Waals surface area contributed by atoms with Crippen molar-refractivity contribution in [2.24, 2.45) is 10.9 Å². The summed E-state index contributed by atoms with van der Waals surface area (Å²) in [4.78, 5) is 4.31. The highest BCUT2D eigenvalue weighted by Gasteiger charge is 2.15. The fourth-order valence-corrected chi connectivity index (χ4v) is 3.02. The first-order valence-electron chi connectivity index (χ1n) is 9.41. The number of ether oxygens (including phenoxy) is 3. The lowest BCUT2D eigenvalue weighted by Gasteiger charge is -2.20. The SMILES string of the molecule is CN=C(NCCCOCC1CCOC1)NC(C)c1cc(C)ccc1OC.I. The molecular weight excluding hydrogens is 457 g/mol. The number of aliphatic imine (C=N–C) groups is 1. The van der Waals surface area contributed by atoms with Gasteiger partial charge in [-0.25, -0.2) is 0 Å². The minimum absolute atomic E-state index is 0. The highest BCUT2D eigenvalue weighted by molar-refractivity contribution is 14.0. The molecule has 0 aliphatic carbocycles. The first-order chi connectivity index (χ1) is 12.6. The lowest BCUT2D eigenvalue weighted by molar-refractivity contribution is 0.0888. The first-order valence-corrected chi connectivity index (χ1v) is 9.41.